The van der Waals surface area contributed by atoms with Crippen molar-refractivity contribution in [2.24, 2.45) is 0 Å². The van der Waals surface area contributed by atoms with E-state index < -0.39 is 12.0 Å². The number of ether oxygens (including phenoxy) is 1. The molecule has 6 heteroatoms. The zero-order valence-corrected chi connectivity index (χ0v) is 12.0. The van der Waals surface area contributed by atoms with Gasteiger partial charge in [-0.2, -0.15) is 0 Å². The first kappa shape index (κ1) is 15.3. The Kier molecular flexibility index (Phi) is 5.16. The molecule has 1 unspecified atom stereocenters. The fourth-order valence-corrected chi connectivity index (χ4v) is 2.17. The van der Waals surface area contributed by atoms with Crippen molar-refractivity contribution in [2.45, 2.75) is 32.2 Å². The van der Waals surface area contributed by atoms with Gasteiger partial charge in [0.1, 0.15) is 18.4 Å². The molecule has 0 fully saturated rings. The number of anilines is 1. The van der Waals surface area contributed by atoms with Crippen LogP contribution in [-0.2, 0) is 16.0 Å². The largest absolute Gasteiger partial charge is 0.491 e. The predicted octanol–water partition coefficient (Wildman–Crippen LogP) is 1.40. The van der Waals surface area contributed by atoms with E-state index >= 15 is 0 Å². The summed E-state index contributed by atoms with van der Waals surface area (Å²) in [5.41, 5.74) is 1.82. The molecule has 3 N–H and O–H groups in total. The van der Waals surface area contributed by atoms with E-state index in [1.165, 1.54) is 0 Å². The molecule has 2 rings (SSSR count). The molecule has 1 aromatic carbocycles. The molecule has 0 aliphatic carbocycles. The minimum Gasteiger partial charge on any atom is -0.491 e. The first-order chi connectivity index (χ1) is 10.1. The number of aryl methyl sites for hydroxylation is 1. The zero-order chi connectivity index (χ0) is 15.2. The Morgan fingerprint density at radius 3 is 3.00 bits per heavy atom. The number of hydrogen-bond acceptors (Lipinski definition) is 4. The van der Waals surface area contributed by atoms with Crippen LogP contribution in [0.3, 0.4) is 0 Å². The lowest BCUT2D eigenvalue weighted by molar-refractivity contribution is -0.140. The van der Waals surface area contributed by atoms with Gasteiger partial charge in [0.15, 0.2) is 0 Å². The molecule has 0 saturated carbocycles. The lowest BCUT2D eigenvalue weighted by atomic mass is 10.0. The molecule has 1 aliphatic heterocycles. The number of fused-ring (bicyclic) bond motifs is 1. The minimum absolute atomic E-state index is 0.0193. The first-order valence-corrected chi connectivity index (χ1v) is 7.12. The molecule has 0 radical (unpaired) electrons. The van der Waals surface area contributed by atoms with Crippen molar-refractivity contribution >= 4 is 17.6 Å². The van der Waals surface area contributed by atoms with Crippen molar-refractivity contribution in [1.29, 1.82) is 0 Å². The molecular weight excluding hydrogens is 272 g/mol. The Morgan fingerprint density at radius 2 is 2.29 bits per heavy atom. The lowest BCUT2D eigenvalue weighted by Gasteiger charge is -2.19. The van der Waals surface area contributed by atoms with Crippen molar-refractivity contribution in [3.8, 4) is 5.75 Å². The Hall–Kier alpha value is -2.08. The monoisotopic (exact) mass is 292 g/mol. The van der Waals surface area contributed by atoms with Gasteiger partial charge in [0.25, 0.3) is 0 Å². The number of carbonyl (C=O) groups excluding carboxylic acids is 1. The summed E-state index contributed by atoms with van der Waals surface area (Å²) in [5.74, 6) is -0.283. The number of benzene rings is 1. The summed E-state index contributed by atoms with van der Waals surface area (Å²) in [6.45, 7) is 2.68. The second kappa shape index (κ2) is 7.08. The number of hydrogen-bond donors (Lipinski definition) is 3. The van der Waals surface area contributed by atoms with Crippen LogP contribution in [0.25, 0.3) is 0 Å². The number of carbonyl (C=O) groups is 2. The van der Waals surface area contributed by atoms with Gasteiger partial charge in [0.2, 0.25) is 5.91 Å². The highest BCUT2D eigenvalue weighted by Crippen LogP contribution is 2.26. The third kappa shape index (κ3) is 4.19. The standard InChI is InChI=1S/C15H20N2O4/c1-2-7-16-13(15(19)20)9-21-11-4-5-12-10(8-11)3-6-14(18)17-12/h4-5,8,13,16H,2-3,6-7,9H2,1H3,(H,17,18)(H,19,20). The molecule has 1 atom stereocenters. The van der Waals surface area contributed by atoms with Crippen LogP contribution < -0.4 is 15.4 Å². The van der Waals surface area contributed by atoms with Gasteiger partial charge in [0.05, 0.1) is 0 Å². The van der Waals surface area contributed by atoms with Gasteiger partial charge in [-0.05, 0) is 43.1 Å². The highest BCUT2D eigenvalue weighted by molar-refractivity contribution is 5.94. The molecular formula is C15H20N2O4. The molecule has 0 bridgehead atoms. The van der Waals surface area contributed by atoms with Crippen LogP contribution in [0, 0.1) is 0 Å². The third-order valence-electron chi connectivity index (χ3n) is 3.33. The topological polar surface area (TPSA) is 87.7 Å². The van der Waals surface area contributed by atoms with E-state index in [0.29, 0.717) is 25.1 Å². The quantitative estimate of drug-likeness (QED) is 0.707. The fourth-order valence-electron chi connectivity index (χ4n) is 2.17. The Labute approximate surface area is 123 Å². The van der Waals surface area contributed by atoms with Gasteiger partial charge in [-0.1, -0.05) is 6.92 Å². The van der Waals surface area contributed by atoms with Crippen LogP contribution in [0.1, 0.15) is 25.3 Å². The smallest absolute Gasteiger partial charge is 0.324 e. The van der Waals surface area contributed by atoms with Gasteiger partial charge in [0, 0.05) is 12.1 Å². The van der Waals surface area contributed by atoms with Crippen LogP contribution in [-0.4, -0.2) is 36.2 Å². The van der Waals surface area contributed by atoms with E-state index in [1.54, 1.807) is 12.1 Å². The third-order valence-corrected chi connectivity index (χ3v) is 3.33. The Morgan fingerprint density at radius 1 is 1.48 bits per heavy atom. The van der Waals surface area contributed by atoms with Crippen LogP contribution in [0.15, 0.2) is 18.2 Å². The summed E-state index contributed by atoms with van der Waals surface area (Å²) in [6, 6.07) is 4.66. The number of carboxylic acid groups (broad SMARTS) is 1. The molecule has 1 amide bonds. The number of carboxylic acids is 1. The molecule has 21 heavy (non-hydrogen) atoms. The Balaban J connectivity index is 1.96. The first-order valence-electron chi connectivity index (χ1n) is 7.12. The van der Waals surface area contributed by atoms with Crippen molar-refractivity contribution in [1.82, 2.24) is 5.32 Å². The average molecular weight is 292 g/mol. The van der Waals surface area contributed by atoms with E-state index in [1.807, 2.05) is 13.0 Å². The van der Waals surface area contributed by atoms with E-state index in [9.17, 15) is 9.59 Å². The SMILES string of the molecule is CCCNC(COc1ccc2c(c1)CCC(=O)N2)C(=O)O. The maximum atomic E-state index is 11.3. The number of amides is 1. The van der Waals surface area contributed by atoms with Gasteiger partial charge in [-0.15, -0.1) is 0 Å². The number of nitrogens with one attached hydrogen (secondary N) is 2. The van der Waals surface area contributed by atoms with Crippen molar-refractivity contribution in [2.75, 3.05) is 18.5 Å². The molecule has 0 aromatic heterocycles. The zero-order valence-electron chi connectivity index (χ0n) is 12.0. The van der Waals surface area contributed by atoms with Crippen molar-refractivity contribution < 1.29 is 19.4 Å². The van der Waals surface area contributed by atoms with Crippen molar-refractivity contribution in [3.05, 3.63) is 23.8 Å². The van der Waals surface area contributed by atoms with Gasteiger partial charge in [-0.3, -0.25) is 9.59 Å². The van der Waals surface area contributed by atoms with Crippen LogP contribution in [0.4, 0.5) is 5.69 Å². The molecule has 6 nitrogen and oxygen atoms in total. The van der Waals surface area contributed by atoms with E-state index in [4.69, 9.17) is 9.84 Å². The molecule has 1 heterocycles. The normalized spacial score (nSPS) is 15.0. The molecule has 0 saturated heterocycles. The molecule has 1 aliphatic rings. The maximum Gasteiger partial charge on any atom is 0.324 e. The van der Waals surface area contributed by atoms with Crippen LogP contribution >= 0.6 is 0 Å². The molecule has 1 aromatic rings. The van der Waals surface area contributed by atoms with E-state index in [2.05, 4.69) is 10.6 Å². The van der Waals surface area contributed by atoms with Crippen LogP contribution in [0.5, 0.6) is 5.75 Å². The lowest BCUT2D eigenvalue weighted by Crippen LogP contribution is -2.41. The number of rotatable bonds is 7. The predicted molar refractivity (Wildman–Crippen MR) is 78.6 cm³/mol. The van der Waals surface area contributed by atoms with Gasteiger partial charge >= 0.3 is 5.97 Å². The Bertz CT molecular complexity index is 530. The summed E-state index contributed by atoms with van der Waals surface area (Å²) in [6.07, 6.45) is 2.00. The highest BCUT2D eigenvalue weighted by atomic mass is 16.5. The van der Waals surface area contributed by atoms with Gasteiger partial charge < -0.3 is 20.5 Å². The summed E-state index contributed by atoms with van der Waals surface area (Å²) in [5, 5.41) is 14.8. The fraction of sp³-hybridized carbons (Fsp3) is 0.467. The minimum atomic E-state index is -0.923. The summed E-state index contributed by atoms with van der Waals surface area (Å²) in [4.78, 5) is 22.4. The second-order valence-corrected chi connectivity index (χ2v) is 5.02. The highest BCUT2D eigenvalue weighted by Gasteiger charge is 2.18. The maximum absolute atomic E-state index is 11.3. The summed E-state index contributed by atoms with van der Waals surface area (Å²) < 4.78 is 5.56. The average Bonchev–Trinajstić information content (AvgIpc) is 2.47. The number of aliphatic carboxylic acids is 1. The molecule has 114 valence electrons. The molecule has 0 spiro atoms. The van der Waals surface area contributed by atoms with E-state index in [0.717, 1.165) is 17.7 Å². The van der Waals surface area contributed by atoms with Crippen molar-refractivity contribution in [3.63, 3.8) is 0 Å². The summed E-state index contributed by atoms with van der Waals surface area (Å²) in [7, 11) is 0. The second-order valence-electron chi connectivity index (χ2n) is 5.02. The summed E-state index contributed by atoms with van der Waals surface area (Å²) >= 11 is 0. The van der Waals surface area contributed by atoms with Crippen LogP contribution in [0.2, 0.25) is 0 Å². The van der Waals surface area contributed by atoms with Gasteiger partial charge in [-0.25, -0.2) is 0 Å². The van der Waals surface area contributed by atoms with E-state index in [-0.39, 0.29) is 12.5 Å².